The van der Waals surface area contributed by atoms with Gasteiger partial charge >= 0.3 is 0 Å². The Morgan fingerprint density at radius 2 is 2.05 bits per heavy atom. The number of likely N-dealkylation sites (N-methyl/N-ethyl adjacent to an activating group) is 1. The minimum absolute atomic E-state index is 0.360. The normalized spacial score (nSPS) is 11.9. The minimum Gasteiger partial charge on any atom is -0.344 e. The van der Waals surface area contributed by atoms with Gasteiger partial charge in [-0.05, 0) is 12.1 Å². The summed E-state index contributed by atoms with van der Waals surface area (Å²) in [7, 11) is 0.703. The summed E-state index contributed by atoms with van der Waals surface area (Å²) in [4.78, 5) is 6.47. The molecule has 1 N–H and O–H groups in total. The summed E-state index contributed by atoms with van der Waals surface area (Å²) in [5.41, 5.74) is 1.99. The van der Waals surface area contributed by atoms with E-state index in [0.717, 1.165) is 23.2 Å². The van der Waals surface area contributed by atoms with Gasteiger partial charge in [0.1, 0.15) is 0 Å². The van der Waals surface area contributed by atoms with E-state index in [2.05, 4.69) is 9.71 Å². The predicted molar refractivity (Wildman–Crippen MR) is 76.8 cm³/mol. The zero-order chi connectivity index (χ0) is 14.0. The number of aryl methyl sites for hydroxylation is 1. The van der Waals surface area contributed by atoms with Crippen LogP contribution >= 0.6 is 0 Å². The molecular formula is C12H18N4O2S. The molecule has 0 aliphatic heterocycles. The fourth-order valence-corrected chi connectivity index (χ4v) is 2.44. The molecule has 104 valence electrons. The molecule has 0 unspecified atom stereocenters. The number of fused-ring (bicyclic) bond motifs is 1. The number of para-hydroxylation sites is 2. The van der Waals surface area contributed by atoms with Crippen LogP contribution in [0.25, 0.3) is 11.0 Å². The van der Waals surface area contributed by atoms with Gasteiger partial charge in [-0.1, -0.05) is 12.1 Å². The van der Waals surface area contributed by atoms with Crippen molar-refractivity contribution in [3.05, 3.63) is 24.3 Å². The molecule has 0 aliphatic rings. The summed E-state index contributed by atoms with van der Waals surface area (Å²) in [6.07, 6.45) is 1.15. The van der Waals surface area contributed by atoms with E-state index in [-0.39, 0.29) is 0 Å². The predicted octanol–water partition coefficient (Wildman–Crippen LogP) is 0.559. The first kappa shape index (κ1) is 13.8. The fourth-order valence-electron chi connectivity index (χ4n) is 1.97. The third-order valence-corrected chi connectivity index (χ3v) is 3.64. The van der Waals surface area contributed by atoms with Crippen LogP contribution in [0.4, 0.5) is 5.95 Å². The third-order valence-electron chi connectivity index (χ3n) is 2.92. The maximum absolute atomic E-state index is 11.0. The van der Waals surface area contributed by atoms with Crippen LogP contribution in [0, 0.1) is 0 Å². The van der Waals surface area contributed by atoms with E-state index < -0.39 is 10.0 Å². The lowest BCUT2D eigenvalue weighted by Gasteiger charge is -2.18. The molecule has 0 aliphatic carbocycles. The van der Waals surface area contributed by atoms with Gasteiger partial charge in [0.05, 0.1) is 17.3 Å². The minimum atomic E-state index is -3.14. The third kappa shape index (κ3) is 3.24. The maximum atomic E-state index is 11.0. The number of benzene rings is 1. The summed E-state index contributed by atoms with van der Waals surface area (Å²) in [5.74, 6) is 0.816. The molecule has 2 rings (SSSR count). The van der Waals surface area contributed by atoms with Crippen LogP contribution < -0.4 is 9.62 Å². The standard InChI is InChI=1S/C12H18N4O2S/c1-15(9-8-13-19(3,17)18)12-14-10-6-4-5-7-11(10)16(12)2/h4-7,13H,8-9H2,1-3H3. The second-order valence-electron chi connectivity index (χ2n) is 4.55. The van der Waals surface area contributed by atoms with E-state index >= 15 is 0 Å². The van der Waals surface area contributed by atoms with E-state index in [0.29, 0.717) is 13.1 Å². The van der Waals surface area contributed by atoms with Gasteiger partial charge in [0, 0.05) is 27.2 Å². The number of hydrogen-bond acceptors (Lipinski definition) is 4. The van der Waals surface area contributed by atoms with E-state index in [9.17, 15) is 8.42 Å². The Morgan fingerprint density at radius 1 is 1.37 bits per heavy atom. The number of anilines is 1. The zero-order valence-electron chi connectivity index (χ0n) is 11.3. The van der Waals surface area contributed by atoms with Crippen LogP contribution in [-0.4, -0.2) is 44.4 Å². The van der Waals surface area contributed by atoms with Crippen molar-refractivity contribution in [2.75, 3.05) is 31.3 Å². The van der Waals surface area contributed by atoms with Gasteiger partial charge in [-0.3, -0.25) is 0 Å². The van der Waals surface area contributed by atoms with Crippen molar-refractivity contribution in [3.63, 3.8) is 0 Å². The SMILES string of the molecule is CN(CCNS(C)(=O)=O)c1nc2ccccc2n1C. The van der Waals surface area contributed by atoms with Crippen molar-refractivity contribution in [1.29, 1.82) is 0 Å². The molecule has 1 aromatic carbocycles. The van der Waals surface area contributed by atoms with Crippen molar-refractivity contribution in [2.45, 2.75) is 0 Å². The molecule has 0 fully saturated rings. The summed E-state index contributed by atoms with van der Waals surface area (Å²) < 4.78 is 26.5. The summed E-state index contributed by atoms with van der Waals surface area (Å²) in [6.45, 7) is 0.919. The molecule has 19 heavy (non-hydrogen) atoms. The Morgan fingerprint density at radius 3 is 2.68 bits per heavy atom. The highest BCUT2D eigenvalue weighted by molar-refractivity contribution is 7.88. The molecule has 7 heteroatoms. The highest BCUT2D eigenvalue weighted by Crippen LogP contribution is 2.19. The number of sulfonamides is 1. The molecule has 1 heterocycles. The second kappa shape index (κ2) is 5.18. The number of nitrogens with zero attached hydrogens (tertiary/aromatic N) is 3. The average molecular weight is 282 g/mol. The van der Waals surface area contributed by atoms with Crippen LogP contribution in [0.1, 0.15) is 0 Å². The summed E-state index contributed by atoms with van der Waals surface area (Å²) >= 11 is 0. The Hall–Kier alpha value is -1.60. The van der Waals surface area contributed by atoms with Crippen molar-refractivity contribution >= 4 is 27.0 Å². The molecule has 0 bridgehead atoms. The first-order valence-electron chi connectivity index (χ1n) is 5.96. The number of imidazole rings is 1. The van der Waals surface area contributed by atoms with Gasteiger partial charge in [-0.25, -0.2) is 18.1 Å². The van der Waals surface area contributed by atoms with Gasteiger partial charge in [-0.2, -0.15) is 0 Å². The van der Waals surface area contributed by atoms with E-state index in [1.807, 2.05) is 47.8 Å². The van der Waals surface area contributed by atoms with Gasteiger partial charge in [0.15, 0.2) is 0 Å². The zero-order valence-corrected chi connectivity index (χ0v) is 12.1. The largest absolute Gasteiger partial charge is 0.344 e. The van der Waals surface area contributed by atoms with Crippen molar-refractivity contribution < 1.29 is 8.42 Å². The van der Waals surface area contributed by atoms with Gasteiger partial charge in [-0.15, -0.1) is 0 Å². The average Bonchev–Trinajstić information content (AvgIpc) is 2.66. The van der Waals surface area contributed by atoms with Gasteiger partial charge < -0.3 is 9.47 Å². The lowest BCUT2D eigenvalue weighted by Crippen LogP contribution is -2.33. The molecular weight excluding hydrogens is 264 g/mol. The molecule has 0 spiro atoms. The van der Waals surface area contributed by atoms with Crippen molar-refractivity contribution in [1.82, 2.24) is 14.3 Å². The highest BCUT2D eigenvalue weighted by atomic mass is 32.2. The fraction of sp³-hybridized carbons (Fsp3) is 0.417. The Kier molecular flexibility index (Phi) is 3.77. The van der Waals surface area contributed by atoms with Crippen LogP contribution in [0.15, 0.2) is 24.3 Å². The second-order valence-corrected chi connectivity index (χ2v) is 6.38. The Labute approximate surface area is 113 Å². The first-order valence-corrected chi connectivity index (χ1v) is 7.85. The molecule has 6 nitrogen and oxygen atoms in total. The lowest BCUT2D eigenvalue weighted by atomic mass is 10.3. The number of hydrogen-bond donors (Lipinski definition) is 1. The molecule has 0 amide bonds. The summed E-state index contributed by atoms with van der Waals surface area (Å²) in [5, 5.41) is 0. The van der Waals surface area contributed by atoms with E-state index in [4.69, 9.17) is 0 Å². The number of aromatic nitrogens is 2. The van der Waals surface area contributed by atoms with Crippen molar-refractivity contribution in [3.8, 4) is 0 Å². The topological polar surface area (TPSA) is 67.2 Å². The first-order chi connectivity index (χ1) is 8.88. The molecule has 0 radical (unpaired) electrons. The molecule has 0 atom stereocenters. The molecule has 1 aromatic heterocycles. The molecule has 2 aromatic rings. The smallest absolute Gasteiger partial charge is 0.208 e. The van der Waals surface area contributed by atoms with Gasteiger partial charge in [0.2, 0.25) is 16.0 Å². The van der Waals surface area contributed by atoms with Crippen LogP contribution in [0.3, 0.4) is 0 Å². The monoisotopic (exact) mass is 282 g/mol. The highest BCUT2D eigenvalue weighted by Gasteiger charge is 2.11. The molecule has 0 saturated carbocycles. The Bertz CT molecular complexity index is 678. The number of nitrogens with one attached hydrogen (secondary N) is 1. The van der Waals surface area contributed by atoms with Crippen LogP contribution in [-0.2, 0) is 17.1 Å². The quantitative estimate of drug-likeness (QED) is 0.870. The maximum Gasteiger partial charge on any atom is 0.208 e. The molecule has 0 saturated heterocycles. The number of rotatable bonds is 5. The van der Waals surface area contributed by atoms with Gasteiger partial charge in [0.25, 0.3) is 0 Å². The van der Waals surface area contributed by atoms with Crippen LogP contribution in [0.2, 0.25) is 0 Å². The lowest BCUT2D eigenvalue weighted by molar-refractivity contribution is 0.587. The Balaban J connectivity index is 2.13. The summed E-state index contributed by atoms with van der Waals surface area (Å²) in [6, 6.07) is 7.89. The van der Waals surface area contributed by atoms with Crippen molar-refractivity contribution in [2.24, 2.45) is 7.05 Å². The van der Waals surface area contributed by atoms with E-state index in [1.165, 1.54) is 0 Å². The van der Waals surface area contributed by atoms with E-state index in [1.54, 1.807) is 0 Å². The van der Waals surface area contributed by atoms with Crippen LogP contribution in [0.5, 0.6) is 0 Å².